The van der Waals surface area contributed by atoms with E-state index in [0.717, 1.165) is 12.5 Å². The van der Waals surface area contributed by atoms with E-state index in [9.17, 15) is 4.79 Å². The van der Waals surface area contributed by atoms with E-state index in [4.69, 9.17) is 0 Å². The maximum Gasteiger partial charge on any atom is 0.155 e. The molecule has 110 valence electrons. The second kappa shape index (κ2) is 4.87. The van der Waals surface area contributed by atoms with Crippen molar-refractivity contribution in [2.45, 2.75) is 78.8 Å². The molecule has 1 aliphatic heterocycles. The summed E-state index contributed by atoms with van der Waals surface area (Å²) in [5, 5.41) is 0. The molecule has 0 aromatic heterocycles. The molecule has 2 rings (SSSR count). The Labute approximate surface area is 118 Å². The number of hydrogen-bond acceptors (Lipinski definition) is 2. The molecule has 2 heteroatoms. The molecule has 1 saturated heterocycles. The van der Waals surface area contributed by atoms with Crippen LogP contribution in [0.3, 0.4) is 0 Å². The summed E-state index contributed by atoms with van der Waals surface area (Å²) in [6.07, 6.45) is 5.25. The van der Waals surface area contributed by atoms with Crippen LogP contribution in [0.4, 0.5) is 0 Å². The number of carbonyl (C=O) groups excluding carboxylic acids is 1. The fourth-order valence-electron chi connectivity index (χ4n) is 3.95. The van der Waals surface area contributed by atoms with Crippen molar-refractivity contribution in [1.29, 1.82) is 0 Å². The Balaban J connectivity index is 2.31. The summed E-state index contributed by atoms with van der Waals surface area (Å²) < 4.78 is 0. The summed E-state index contributed by atoms with van der Waals surface area (Å²) in [7, 11) is 0. The van der Waals surface area contributed by atoms with E-state index in [-0.39, 0.29) is 17.0 Å². The van der Waals surface area contributed by atoms with Crippen LogP contribution in [0.2, 0.25) is 0 Å². The van der Waals surface area contributed by atoms with Crippen molar-refractivity contribution in [2.75, 3.05) is 6.54 Å². The van der Waals surface area contributed by atoms with Gasteiger partial charge in [0.05, 0.1) is 6.04 Å². The molecule has 0 aromatic carbocycles. The Morgan fingerprint density at radius 1 is 1.00 bits per heavy atom. The fourth-order valence-corrected chi connectivity index (χ4v) is 3.95. The summed E-state index contributed by atoms with van der Waals surface area (Å²) in [4.78, 5) is 15.4. The number of nitrogens with zero attached hydrogens (tertiary/aromatic N) is 1. The Kier molecular flexibility index (Phi) is 3.85. The second-order valence-corrected chi connectivity index (χ2v) is 8.59. The summed E-state index contributed by atoms with van der Waals surface area (Å²) in [6.45, 7) is 14.1. The van der Waals surface area contributed by atoms with Crippen molar-refractivity contribution in [3.63, 3.8) is 0 Å². The summed E-state index contributed by atoms with van der Waals surface area (Å²) in [6, 6.07) is 0.158. The Bertz CT molecular complexity index is 347. The lowest BCUT2D eigenvalue weighted by molar-refractivity contribution is -0.134. The first-order valence-electron chi connectivity index (χ1n) is 7.93. The second-order valence-electron chi connectivity index (χ2n) is 8.59. The molecule has 1 saturated carbocycles. The molecule has 0 spiro atoms. The van der Waals surface area contributed by atoms with Crippen molar-refractivity contribution in [3.8, 4) is 0 Å². The van der Waals surface area contributed by atoms with Gasteiger partial charge in [-0.1, -0.05) is 33.6 Å². The monoisotopic (exact) mass is 265 g/mol. The zero-order chi connectivity index (χ0) is 14.4. The molecule has 19 heavy (non-hydrogen) atoms. The van der Waals surface area contributed by atoms with Crippen LogP contribution in [0.25, 0.3) is 0 Å². The molecule has 1 aliphatic carbocycles. The minimum atomic E-state index is -0.222. The molecule has 0 N–H and O–H groups in total. The summed E-state index contributed by atoms with van der Waals surface area (Å²) in [5.74, 6) is 1.82. The average Bonchev–Trinajstić information content (AvgIpc) is 2.65. The molecule has 0 amide bonds. The zero-order valence-corrected chi connectivity index (χ0v) is 13.6. The van der Waals surface area contributed by atoms with E-state index in [2.05, 4.69) is 46.4 Å². The molecular weight excluding hydrogens is 234 g/mol. The maximum atomic E-state index is 12.9. The smallest absolute Gasteiger partial charge is 0.155 e. The number of ketones is 1. The molecule has 3 unspecified atom stereocenters. The molecule has 2 nitrogen and oxygen atoms in total. The Morgan fingerprint density at radius 2 is 1.58 bits per heavy atom. The first-order valence-corrected chi connectivity index (χ1v) is 7.93. The van der Waals surface area contributed by atoms with Crippen LogP contribution in [0.5, 0.6) is 0 Å². The van der Waals surface area contributed by atoms with E-state index < -0.39 is 0 Å². The van der Waals surface area contributed by atoms with Gasteiger partial charge in [0.15, 0.2) is 5.78 Å². The van der Waals surface area contributed by atoms with Crippen LogP contribution in [0.15, 0.2) is 0 Å². The topological polar surface area (TPSA) is 20.3 Å². The van der Waals surface area contributed by atoms with Crippen molar-refractivity contribution < 1.29 is 4.79 Å². The van der Waals surface area contributed by atoms with Gasteiger partial charge >= 0.3 is 0 Å². The SMILES string of the molecule is CC(C)(C)C(=O)C1C2CCCCC2CN1C(C)(C)C. The van der Waals surface area contributed by atoms with Gasteiger partial charge in [0.1, 0.15) is 0 Å². The van der Waals surface area contributed by atoms with Gasteiger partial charge in [-0.2, -0.15) is 0 Å². The number of hydrogen-bond donors (Lipinski definition) is 0. The van der Waals surface area contributed by atoms with E-state index in [1.165, 1.54) is 25.7 Å². The lowest BCUT2D eigenvalue weighted by Gasteiger charge is -2.40. The van der Waals surface area contributed by atoms with Crippen molar-refractivity contribution >= 4 is 5.78 Å². The predicted octanol–water partition coefficient (Wildman–Crippen LogP) is 3.89. The molecule has 2 fully saturated rings. The molecule has 3 atom stereocenters. The number of rotatable bonds is 1. The largest absolute Gasteiger partial charge is 0.297 e. The minimum Gasteiger partial charge on any atom is -0.297 e. The number of Topliss-reactive ketones (excluding diaryl/α,β-unsaturated/α-hetero) is 1. The van der Waals surface area contributed by atoms with Gasteiger partial charge in [-0.25, -0.2) is 0 Å². The van der Waals surface area contributed by atoms with Crippen LogP contribution in [0.1, 0.15) is 67.2 Å². The normalized spacial score (nSPS) is 33.3. The average molecular weight is 265 g/mol. The Morgan fingerprint density at radius 3 is 2.11 bits per heavy atom. The quantitative estimate of drug-likeness (QED) is 0.717. The van der Waals surface area contributed by atoms with Gasteiger partial charge in [0, 0.05) is 17.5 Å². The van der Waals surface area contributed by atoms with Crippen molar-refractivity contribution in [2.24, 2.45) is 17.3 Å². The van der Waals surface area contributed by atoms with E-state index in [1.54, 1.807) is 0 Å². The van der Waals surface area contributed by atoms with Crippen molar-refractivity contribution in [1.82, 2.24) is 4.90 Å². The van der Waals surface area contributed by atoms with Gasteiger partial charge in [-0.15, -0.1) is 0 Å². The van der Waals surface area contributed by atoms with E-state index >= 15 is 0 Å². The van der Waals surface area contributed by atoms with Crippen LogP contribution in [-0.2, 0) is 4.79 Å². The predicted molar refractivity (Wildman–Crippen MR) is 80.2 cm³/mol. The third kappa shape index (κ3) is 2.89. The molecular formula is C17H31NO. The van der Waals surface area contributed by atoms with Gasteiger partial charge in [-0.05, 0) is 45.4 Å². The van der Waals surface area contributed by atoms with Gasteiger partial charge in [0.2, 0.25) is 0 Å². The van der Waals surface area contributed by atoms with Gasteiger partial charge < -0.3 is 0 Å². The lowest BCUT2D eigenvalue weighted by Crippen LogP contribution is -2.52. The van der Waals surface area contributed by atoms with Crippen molar-refractivity contribution in [3.05, 3.63) is 0 Å². The molecule has 0 aromatic rings. The molecule has 2 aliphatic rings. The first-order chi connectivity index (χ1) is 8.62. The fraction of sp³-hybridized carbons (Fsp3) is 0.941. The number of likely N-dealkylation sites (tertiary alicyclic amines) is 1. The third-order valence-electron chi connectivity index (χ3n) is 5.01. The van der Waals surface area contributed by atoms with E-state index in [0.29, 0.717) is 11.7 Å². The molecule has 0 bridgehead atoms. The maximum absolute atomic E-state index is 12.9. The number of fused-ring (bicyclic) bond motifs is 1. The number of carbonyl (C=O) groups is 1. The van der Waals surface area contributed by atoms with E-state index in [1.807, 2.05) is 0 Å². The Hall–Kier alpha value is -0.370. The molecule has 0 radical (unpaired) electrons. The highest BCUT2D eigenvalue weighted by atomic mass is 16.1. The highest BCUT2D eigenvalue weighted by Crippen LogP contribution is 2.45. The van der Waals surface area contributed by atoms with Crippen LogP contribution < -0.4 is 0 Å². The summed E-state index contributed by atoms with van der Waals surface area (Å²) >= 11 is 0. The highest BCUT2D eigenvalue weighted by molar-refractivity contribution is 5.89. The van der Waals surface area contributed by atoms with Crippen LogP contribution in [0, 0.1) is 17.3 Å². The van der Waals surface area contributed by atoms with Gasteiger partial charge in [-0.3, -0.25) is 9.69 Å². The summed E-state index contributed by atoms with van der Waals surface area (Å²) in [5.41, 5.74) is -0.122. The standard InChI is InChI=1S/C17H31NO/c1-16(2,3)15(19)14-13-10-8-7-9-12(13)11-18(14)17(4,5)6/h12-14H,7-11H2,1-6H3. The third-order valence-corrected chi connectivity index (χ3v) is 5.01. The van der Waals surface area contributed by atoms with Crippen LogP contribution >= 0.6 is 0 Å². The minimum absolute atomic E-state index is 0.100. The zero-order valence-electron chi connectivity index (χ0n) is 13.6. The highest BCUT2D eigenvalue weighted by Gasteiger charge is 2.51. The molecule has 1 heterocycles. The van der Waals surface area contributed by atoms with Crippen LogP contribution in [-0.4, -0.2) is 28.8 Å². The van der Waals surface area contributed by atoms with Gasteiger partial charge in [0.25, 0.3) is 0 Å². The lowest BCUT2D eigenvalue weighted by atomic mass is 9.73. The first kappa shape index (κ1) is 15.0.